The van der Waals surface area contributed by atoms with E-state index in [2.05, 4.69) is 207 Å². The Morgan fingerprint density at radius 1 is 0.380 bits per heavy atom. The van der Waals surface area contributed by atoms with E-state index >= 15 is 0 Å². The molecule has 50 heavy (non-hydrogen) atoms. The molecule has 0 unspecified atom stereocenters. The number of hydrogen-bond donors (Lipinski definition) is 0. The van der Waals surface area contributed by atoms with Crippen molar-refractivity contribution in [3.05, 3.63) is 199 Å². The summed E-state index contributed by atoms with van der Waals surface area (Å²) >= 11 is 0. The molecular weight excluding hydrogens is 603 g/mol. The minimum absolute atomic E-state index is 0.190. The third kappa shape index (κ3) is 4.94. The lowest BCUT2D eigenvalue weighted by atomic mass is 9.79. The number of hydrogen-bond acceptors (Lipinski definition) is 1. The van der Waals surface area contributed by atoms with Crippen molar-refractivity contribution in [3.63, 3.8) is 0 Å². The molecule has 238 valence electrons. The minimum atomic E-state index is -0.190. The summed E-state index contributed by atoms with van der Waals surface area (Å²) in [7, 11) is 0. The van der Waals surface area contributed by atoms with Gasteiger partial charge in [-0.05, 0) is 97.2 Å². The van der Waals surface area contributed by atoms with Gasteiger partial charge in [0, 0.05) is 22.4 Å². The van der Waals surface area contributed by atoms with E-state index in [9.17, 15) is 0 Å². The summed E-state index contributed by atoms with van der Waals surface area (Å²) in [6.45, 7) is 4.79. The van der Waals surface area contributed by atoms with Gasteiger partial charge in [-0.1, -0.05) is 166 Å². The van der Waals surface area contributed by atoms with Crippen LogP contribution in [0.15, 0.2) is 188 Å². The van der Waals surface area contributed by atoms with Crippen molar-refractivity contribution in [1.82, 2.24) is 0 Å². The molecule has 0 amide bonds. The molecule has 0 spiro atoms. The van der Waals surface area contributed by atoms with Gasteiger partial charge >= 0.3 is 0 Å². The zero-order valence-electron chi connectivity index (χ0n) is 28.3. The molecule has 9 rings (SSSR count). The number of nitrogens with zero attached hydrogens (tertiary/aromatic N) is 1. The van der Waals surface area contributed by atoms with Crippen LogP contribution >= 0.6 is 0 Å². The van der Waals surface area contributed by atoms with Gasteiger partial charge in [-0.2, -0.15) is 0 Å². The van der Waals surface area contributed by atoms with E-state index in [4.69, 9.17) is 0 Å². The predicted octanol–water partition coefficient (Wildman–Crippen LogP) is 13.6. The fourth-order valence-electron chi connectivity index (χ4n) is 8.08. The monoisotopic (exact) mass is 639 g/mol. The van der Waals surface area contributed by atoms with Gasteiger partial charge < -0.3 is 4.90 Å². The first-order valence-electron chi connectivity index (χ1n) is 17.4. The number of fused-ring (bicyclic) bond motifs is 5. The van der Waals surface area contributed by atoms with Crippen LogP contribution in [-0.4, -0.2) is 0 Å². The third-order valence-corrected chi connectivity index (χ3v) is 10.4. The van der Waals surface area contributed by atoms with E-state index in [-0.39, 0.29) is 5.41 Å². The van der Waals surface area contributed by atoms with E-state index in [0.717, 1.165) is 11.4 Å². The zero-order chi connectivity index (χ0) is 33.7. The Balaban J connectivity index is 1.31. The molecule has 0 atom stereocenters. The molecule has 0 N–H and O–H groups in total. The molecule has 0 saturated carbocycles. The summed E-state index contributed by atoms with van der Waals surface area (Å²) in [5.41, 5.74) is 15.9. The summed E-state index contributed by atoms with van der Waals surface area (Å²) < 4.78 is 0. The Bertz CT molecular complexity index is 2480. The van der Waals surface area contributed by atoms with Crippen molar-refractivity contribution >= 4 is 27.8 Å². The highest BCUT2D eigenvalue weighted by Gasteiger charge is 2.40. The molecule has 8 aromatic carbocycles. The topological polar surface area (TPSA) is 3.24 Å². The first kappa shape index (κ1) is 29.9. The van der Waals surface area contributed by atoms with Crippen LogP contribution in [0.2, 0.25) is 0 Å². The molecule has 0 radical (unpaired) electrons. The molecule has 1 heteroatoms. The predicted molar refractivity (Wildman–Crippen MR) is 213 cm³/mol. The minimum Gasteiger partial charge on any atom is -0.310 e. The van der Waals surface area contributed by atoms with Gasteiger partial charge in [0.2, 0.25) is 0 Å². The van der Waals surface area contributed by atoms with Crippen molar-refractivity contribution in [2.75, 3.05) is 4.90 Å². The quantitative estimate of drug-likeness (QED) is 0.175. The summed E-state index contributed by atoms with van der Waals surface area (Å²) in [6, 6.07) is 68.5. The Labute approximate surface area is 294 Å². The lowest BCUT2D eigenvalue weighted by molar-refractivity contribution is 0.666. The second kappa shape index (κ2) is 12.1. The third-order valence-electron chi connectivity index (χ3n) is 10.4. The smallest absolute Gasteiger partial charge is 0.0543 e. The van der Waals surface area contributed by atoms with Crippen LogP contribution in [0.5, 0.6) is 0 Å². The van der Waals surface area contributed by atoms with E-state index in [1.165, 1.54) is 72.1 Å². The highest BCUT2D eigenvalue weighted by molar-refractivity contribution is 6.08. The van der Waals surface area contributed by atoms with Crippen LogP contribution in [0, 0.1) is 0 Å². The molecule has 0 aromatic heterocycles. The van der Waals surface area contributed by atoms with Crippen molar-refractivity contribution in [3.8, 4) is 44.5 Å². The standard InChI is InChI=1S/C49H37N/c1-49(2)45-26-15-27-46(47(45)44-33-43(37-20-10-5-11-21-37)41-24-12-13-25-42(41)48(44)49)50(39-30-28-36(29-31-39)34-16-6-3-7-17-34)40-23-14-22-38(32-40)35-18-8-4-9-19-35/h3-33H,1-2H3. The average molecular weight is 640 g/mol. The second-order valence-electron chi connectivity index (χ2n) is 13.7. The van der Waals surface area contributed by atoms with Gasteiger partial charge in [0.25, 0.3) is 0 Å². The summed E-state index contributed by atoms with van der Waals surface area (Å²) in [5, 5.41) is 2.62. The van der Waals surface area contributed by atoms with E-state index in [0.29, 0.717) is 0 Å². The summed E-state index contributed by atoms with van der Waals surface area (Å²) in [5.74, 6) is 0. The fraction of sp³-hybridized carbons (Fsp3) is 0.0612. The van der Waals surface area contributed by atoms with Crippen LogP contribution in [0.3, 0.4) is 0 Å². The summed E-state index contributed by atoms with van der Waals surface area (Å²) in [4.78, 5) is 2.46. The van der Waals surface area contributed by atoms with Gasteiger partial charge in [-0.15, -0.1) is 0 Å². The van der Waals surface area contributed by atoms with E-state index < -0.39 is 0 Å². The molecule has 0 heterocycles. The maximum Gasteiger partial charge on any atom is 0.0543 e. The van der Waals surface area contributed by atoms with Crippen LogP contribution in [-0.2, 0) is 5.41 Å². The van der Waals surface area contributed by atoms with Gasteiger partial charge in [0.1, 0.15) is 0 Å². The highest BCUT2D eigenvalue weighted by Crippen LogP contribution is 2.57. The van der Waals surface area contributed by atoms with Gasteiger partial charge in [-0.25, -0.2) is 0 Å². The number of rotatable bonds is 6. The maximum absolute atomic E-state index is 2.46. The van der Waals surface area contributed by atoms with Gasteiger partial charge in [0.05, 0.1) is 5.69 Å². The lowest BCUT2D eigenvalue weighted by Crippen LogP contribution is -2.16. The van der Waals surface area contributed by atoms with Gasteiger partial charge in [-0.3, -0.25) is 0 Å². The van der Waals surface area contributed by atoms with Crippen molar-refractivity contribution in [2.45, 2.75) is 19.3 Å². The molecule has 1 aliphatic rings. The summed E-state index contributed by atoms with van der Waals surface area (Å²) in [6.07, 6.45) is 0. The van der Waals surface area contributed by atoms with E-state index in [1.807, 2.05) is 0 Å². The molecule has 0 aliphatic heterocycles. The molecule has 0 saturated heterocycles. The van der Waals surface area contributed by atoms with Crippen LogP contribution in [0.4, 0.5) is 17.1 Å². The second-order valence-corrected chi connectivity index (χ2v) is 13.7. The van der Waals surface area contributed by atoms with Crippen LogP contribution < -0.4 is 4.90 Å². The normalized spacial score (nSPS) is 12.8. The Morgan fingerprint density at radius 2 is 0.920 bits per heavy atom. The van der Waals surface area contributed by atoms with E-state index in [1.54, 1.807) is 0 Å². The first-order valence-corrected chi connectivity index (χ1v) is 17.4. The van der Waals surface area contributed by atoms with Crippen molar-refractivity contribution in [1.29, 1.82) is 0 Å². The van der Waals surface area contributed by atoms with Gasteiger partial charge in [0.15, 0.2) is 0 Å². The Kier molecular flexibility index (Phi) is 7.21. The number of benzene rings is 8. The average Bonchev–Trinajstić information content (AvgIpc) is 3.42. The Morgan fingerprint density at radius 3 is 1.60 bits per heavy atom. The van der Waals surface area contributed by atoms with Crippen molar-refractivity contribution in [2.24, 2.45) is 0 Å². The zero-order valence-corrected chi connectivity index (χ0v) is 28.3. The van der Waals surface area contributed by atoms with Crippen LogP contribution in [0.1, 0.15) is 25.0 Å². The lowest BCUT2D eigenvalue weighted by Gasteiger charge is -2.29. The van der Waals surface area contributed by atoms with Crippen molar-refractivity contribution < 1.29 is 0 Å². The molecular formula is C49H37N. The first-order chi connectivity index (χ1) is 24.6. The molecule has 1 nitrogen and oxygen atoms in total. The Hall–Kier alpha value is -6.18. The highest BCUT2D eigenvalue weighted by atomic mass is 15.1. The SMILES string of the molecule is CC1(C)c2cccc(N(c3ccc(-c4ccccc4)cc3)c3cccc(-c4ccccc4)c3)c2-c2cc(-c3ccccc3)c3ccccc3c21. The molecule has 1 aliphatic carbocycles. The largest absolute Gasteiger partial charge is 0.310 e. The fourth-order valence-corrected chi connectivity index (χ4v) is 8.08. The molecule has 0 bridgehead atoms. The molecule has 0 fully saturated rings. The molecule has 8 aromatic rings. The maximum atomic E-state index is 2.46. The van der Waals surface area contributed by atoms with Crippen LogP contribution in [0.25, 0.3) is 55.3 Å². The number of anilines is 3.